The number of nitrogens with zero attached hydrogens (tertiary/aromatic N) is 1. The van der Waals surface area contributed by atoms with Crippen LogP contribution in [0.5, 0.6) is 0 Å². The van der Waals surface area contributed by atoms with Gasteiger partial charge in [-0.25, -0.2) is 0 Å². The van der Waals surface area contributed by atoms with Gasteiger partial charge < -0.3 is 10.0 Å². The molecule has 1 aliphatic carbocycles. The zero-order valence-electron chi connectivity index (χ0n) is 11.2. The number of likely N-dealkylation sites (tertiary alicyclic amines) is 1. The minimum atomic E-state index is -0.734. The Morgan fingerprint density at radius 1 is 1.33 bits per heavy atom. The first-order valence-corrected chi connectivity index (χ1v) is 7.02. The summed E-state index contributed by atoms with van der Waals surface area (Å²) in [6.45, 7) is 3.67. The van der Waals surface area contributed by atoms with Crippen LogP contribution >= 0.6 is 0 Å². The van der Waals surface area contributed by atoms with Crippen molar-refractivity contribution in [2.45, 2.75) is 51.9 Å². The van der Waals surface area contributed by atoms with Crippen molar-refractivity contribution in [1.82, 2.24) is 4.90 Å². The lowest BCUT2D eigenvalue weighted by Gasteiger charge is -2.28. The van der Waals surface area contributed by atoms with Crippen LogP contribution in [0.25, 0.3) is 0 Å². The Hall–Kier alpha value is -1.06. The first-order chi connectivity index (χ1) is 8.51. The molecule has 0 aromatic carbocycles. The van der Waals surface area contributed by atoms with Gasteiger partial charge in [0.1, 0.15) is 0 Å². The van der Waals surface area contributed by atoms with Crippen molar-refractivity contribution in [1.29, 1.82) is 0 Å². The predicted octanol–water partition coefficient (Wildman–Crippen LogP) is 2.28. The monoisotopic (exact) mass is 253 g/mol. The van der Waals surface area contributed by atoms with Crippen molar-refractivity contribution in [2.75, 3.05) is 13.1 Å². The number of carbonyl (C=O) groups excluding carboxylic acids is 1. The molecule has 0 bridgehead atoms. The molecule has 4 nitrogen and oxygen atoms in total. The molecule has 0 aromatic heterocycles. The molecule has 1 atom stereocenters. The van der Waals surface area contributed by atoms with Crippen LogP contribution < -0.4 is 0 Å². The van der Waals surface area contributed by atoms with Crippen LogP contribution in [0.15, 0.2) is 0 Å². The second-order valence-corrected chi connectivity index (χ2v) is 6.11. The van der Waals surface area contributed by atoms with E-state index in [4.69, 9.17) is 5.11 Å². The van der Waals surface area contributed by atoms with Crippen LogP contribution in [0.1, 0.15) is 51.9 Å². The summed E-state index contributed by atoms with van der Waals surface area (Å²) in [5.41, 5.74) is -0.137. The second kappa shape index (κ2) is 5.29. The molecular formula is C14H23NO3. The lowest BCUT2D eigenvalue weighted by molar-refractivity contribution is -0.140. The maximum Gasteiger partial charge on any atom is 0.303 e. The number of aliphatic carboxylic acids is 1. The van der Waals surface area contributed by atoms with E-state index in [2.05, 4.69) is 6.92 Å². The number of carboxylic acid groups (broad SMARTS) is 1. The summed E-state index contributed by atoms with van der Waals surface area (Å²) in [6, 6.07) is 0. The Labute approximate surface area is 108 Å². The Morgan fingerprint density at radius 2 is 2.00 bits per heavy atom. The zero-order chi connectivity index (χ0) is 13.2. The summed E-state index contributed by atoms with van der Waals surface area (Å²) < 4.78 is 0. The molecule has 1 saturated heterocycles. The molecule has 2 aliphatic rings. The first kappa shape index (κ1) is 13.4. The minimum Gasteiger partial charge on any atom is -0.481 e. The molecule has 1 amide bonds. The summed E-state index contributed by atoms with van der Waals surface area (Å²) in [6.07, 6.45) is 6.26. The van der Waals surface area contributed by atoms with Gasteiger partial charge in [0.2, 0.25) is 5.91 Å². The molecule has 2 fully saturated rings. The number of amides is 1. The van der Waals surface area contributed by atoms with Crippen molar-refractivity contribution < 1.29 is 14.7 Å². The largest absolute Gasteiger partial charge is 0.481 e. The zero-order valence-corrected chi connectivity index (χ0v) is 11.2. The average molecular weight is 253 g/mol. The van der Waals surface area contributed by atoms with Crippen molar-refractivity contribution in [3.05, 3.63) is 0 Å². The molecule has 1 aliphatic heterocycles. The highest BCUT2D eigenvalue weighted by atomic mass is 16.4. The quantitative estimate of drug-likeness (QED) is 0.836. The molecule has 0 radical (unpaired) electrons. The normalized spacial score (nSPS) is 26.5. The third-order valence-corrected chi connectivity index (χ3v) is 4.56. The number of rotatable bonds is 4. The highest BCUT2D eigenvalue weighted by molar-refractivity contribution is 5.82. The fraction of sp³-hybridized carbons (Fsp3) is 0.857. The highest BCUT2D eigenvalue weighted by Gasteiger charge is 2.40. The van der Waals surface area contributed by atoms with Crippen LogP contribution in [0, 0.1) is 11.3 Å². The summed E-state index contributed by atoms with van der Waals surface area (Å²) in [5, 5.41) is 8.68. The van der Waals surface area contributed by atoms with Gasteiger partial charge in [0.15, 0.2) is 0 Å². The molecular weight excluding hydrogens is 230 g/mol. The van der Waals surface area contributed by atoms with E-state index < -0.39 is 5.97 Å². The molecule has 18 heavy (non-hydrogen) atoms. The van der Waals surface area contributed by atoms with Gasteiger partial charge in [-0.1, -0.05) is 19.8 Å². The molecule has 1 unspecified atom stereocenters. The van der Waals surface area contributed by atoms with Gasteiger partial charge in [-0.15, -0.1) is 0 Å². The minimum absolute atomic E-state index is 0.137. The summed E-state index contributed by atoms with van der Waals surface area (Å²) in [7, 11) is 0. The molecule has 1 heterocycles. The Kier molecular flexibility index (Phi) is 3.93. The molecule has 1 N–H and O–H groups in total. The molecule has 0 spiro atoms. The van der Waals surface area contributed by atoms with Crippen LogP contribution in [-0.2, 0) is 9.59 Å². The van der Waals surface area contributed by atoms with Gasteiger partial charge in [0.05, 0.1) is 0 Å². The number of carboxylic acids is 1. The van der Waals surface area contributed by atoms with Gasteiger partial charge in [-0.2, -0.15) is 0 Å². The van der Waals surface area contributed by atoms with Crippen molar-refractivity contribution in [2.24, 2.45) is 11.3 Å². The Bertz CT molecular complexity index is 334. The first-order valence-electron chi connectivity index (χ1n) is 7.02. The van der Waals surface area contributed by atoms with E-state index in [1.165, 1.54) is 12.8 Å². The van der Waals surface area contributed by atoms with Crippen LogP contribution in [-0.4, -0.2) is 35.0 Å². The predicted molar refractivity (Wildman–Crippen MR) is 68.1 cm³/mol. The lowest BCUT2D eigenvalue weighted by Crippen LogP contribution is -2.39. The van der Waals surface area contributed by atoms with Gasteiger partial charge in [0.25, 0.3) is 0 Å². The summed E-state index contributed by atoms with van der Waals surface area (Å²) in [5.74, 6) is -0.0459. The Morgan fingerprint density at radius 3 is 2.61 bits per heavy atom. The van der Waals surface area contributed by atoms with E-state index in [-0.39, 0.29) is 11.8 Å². The topological polar surface area (TPSA) is 57.6 Å². The number of hydrogen-bond acceptors (Lipinski definition) is 2. The molecule has 0 aromatic rings. The maximum atomic E-state index is 12.5. The number of hydrogen-bond donors (Lipinski definition) is 1. The van der Waals surface area contributed by atoms with Crippen LogP contribution in [0.3, 0.4) is 0 Å². The van der Waals surface area contributed by atoms with Gasteiger partial charge >= 0.3 is 5.97 Å². The smallest absolute Gasteiger partial charge is 0.303 e. The SMILES string of the molecule is CC1(C(=O)N2CCC(CCC(=O)O)C2)CCCC1. The van der Waals surface area contributed by atoms with Gasteiger partial charge in [-0.05, 0) is 31.6 Å². The van der Waals surface area contributed by atoms with E-state index in [0.29, 0.717) is 18.2 Å². The van der Waals surface area contributed by atoms with E-state index in [9.17, 15) is 9.59 Å². The maximum absolute atomic E-state index is 12.5. The van der Waals surface area contributed by atoms with E-state index in [1.807, 2.05) is 4.90 Å². The lowest BCUT2D eigenvalue weighted by atomic mass is 9.87. The van der Waals surface area contributed by atoms with Crippen molar-refractivity contribution in [3.63, 3.8) is 0 Å². The average Bonchev–Trinajstić information content (AvgIpc) is 2.95. The van der Waals surface area contributed by atoms with Crippen molar-refractivity contribution >= 4 is 11.9 Å². The van der Waals surface area contributed by atoms with E-state index in [0.717, 1.165) is 32.4 Å². The fourth-order valence-electron chi connectivity index (χ4n) is 3.33. The van der Waals surface area contributed by atoms with Crippen LogP contribution in [0.4, 0.5) is 0 Å². The van der Waals surface area contributed by atoms with Crippen molar-refractivity contribution in [3.8, 4) is 0 Å². The summed E-state index contributed by atoms with van der Waals surface area (Å²) in [4.78, 5) is 25.0. The molecule has 4 heteroatoms. The summed E-state index contributed by atoms with van der Waals surface area (Å²) >= 11 is 0. The van der Waals surface area contributed by atoms with Crippen LogP contribution in [0.2, 0.25) is 0 Å². The van der Waals surface area contributed by atoms with Gasteiger partial charge in [0, 0.05) is 24.9 Å². The third-order valence-electron chi connectivity index (χ3n) is 4.56. The fourth-order valence-corrected chi connectivity index (χ4v) is 3.33. The molecule has 2 rings (SSSR count). The molecule has 1 saturated carbocycles. The Balaban J connectivity index is 1.84. The van der Waals surface area contributed by atoms with Gasteiger partial charge in [-0.3, -0.25) is 9.59 Å². The van der Waals surface area contributed by atoms with E-state index in [1.54, 1.807) is 0 Å². The highest BCUT2D eigenvalue weighted by Crippen LogP contribution is 2.40. The number of carbonyl (C=O) groups is 2. The standard InChI is InChI=1S/C14H23NO3/c1-14(7-2-3-8-14)13(18)15-9-6-11(10-15)4-5-12(16)17/h11H,2-10H2,1H3,(H,16,17). The molecule has 102 valence electrons. The third kappa shape index (κ3) is 2.85. The second-order valence-electron chi connectivity index (χ2n) is 6.11. The van der Waals surface area contributed by atoms with E-state index >= 15 is 0 Å².